The summed E-state index contributed by atoms with van der Waals surface area (Å²) in [5.41, 5.74) is 0. The Labute approximate surface area is 111 Å². The van der Waals surface area contributed by atoms with Crippen molar-refractivity contribution in [1.82, 2.24) is 15.1 Å². The second kappa shape index (κ2) is 6.02. The van der Waals surface area contributed by atoms with Gasteiger partial charge in [-0.25, -0.2) is 0 Å². The molecule has 0 aromatic heterocycles. The molecule has 1 saturated carbocycles. The molecule has 2 unspecified atom stereocenters. The highest BCUT2D eigenvalue weighted by molar-refractivity contribution is 5.81. The van der Waals surface area contributed by atoms with Crippen LogP contribution < -0.4 is 5.32 Å². The Morgan fingerprint density at radius 2 is 2.00 bits per heavy atom. The summed E-state index contributed by atoms with van der Waals surface area (Å²) in [7, 11) is 0. The predicted molar refractivity (Wildman–Crippen MR) is 73.5 cm³/mol. The second-order valence-electron chi connectivity index (χ2n) is 5.61. The van der Waals surface area contributed by atoms with Gasteiger partial charge in [-0.1, -0.05) is 0 Å². The molecule has 0 aromatic carbocycles. The van der Waals surface area contributed by atoms with Gasteiger partial charge in [-0.05, 0) is 40.0 Å². The molecule has 1 saturated heterocycles. The first-order valence-electron chi connectivity index (χ1n) is 7.44. The smallest absolute Gasteiger partial charge is 0.239 e. The highest BCUT2D eigenvalue weighted by Gasteiger charge is 2.35. The lowest BCUT2D eigenvalue weighted by atomic mass is 10.2. The standard InChI is InChI=1S/C14H27N3O/c1-4-16(5-2)14(18)11(3)15-12-8-9-17(10-12)13-6-7-13/h11-13,15H,4-10H2,1-3H3. The minimum atomic E-state index is -0.0472. The van der Waals surface area contributed by atoms with E-state index in [2.05, 4.69) is 10.2 Å². The number of likely N-dealkylation sites (tertiary alicyclic amines) is 1. The number of hydrogen-bond donors (Lipinski definition) is 1. The summed E-state index contributed by atoms with van der Waals surface area (Å²) in [5, 5.41) is 3.51. The predicted octanol–water partition coefficient (Wildman–Crippen LogP) is 1.07. The van der Waals surface area contributed by atoms with E-state index in [-0.39, 0.29) is 11.9 Å². The fourth-order valence-corrected chi connectivity index (χ4v) is 2.93. The van der Waals surface area contributed by atoms with Crippen LogP contribution in [0.3, 0.4) is 0 Å². The highest BCUT2D eigenvalue weighted by Crippen LogP contribution is 2.29. The molecule has 18 heavy (non-hydrogen) atoms. The van der Waals surface area contributed by atoms with E-state index in [0.717, 1.165) is 25.7 Å². The van der Waals surface area contributed by atoms with Crippen LogP contribution in [0, 0.1) is 0 Å². The van der Waals surface area contributed by atoms with Gasteiger partial charge in [-0.15, -0.1) is 0 Å². The van der Waals surface area contributed by atoms with Gasteiger partial charge >= 0.3 is 0 Å². The van der Waals surface area contributed by atoms with E-state index in [4.69, 9.17) is 0 Å². The Morgan fingerprint density at radius 1 is 1.33 bits per heavy atom. The molecule has 1 amide bonds. The summed E-state index contributed by atoms with van der Waals surface area (Å²) in [5.74, 6) is 0.241. The molecule has 0 aromatic rings. The van der Waals surface area contributed by atoms with Crippen molar-refractivity contribution in [2.45, 2.75) is 58.2 Å². The maximum Gasteiger partial charge on any atom is 0.239 e. The van der Waals surface area contributed by atoms with Gasteiger partial charge in [0.15, 0.2) is 0 Å². The van der Waals surface area contributed by atoms with Gasteiger partial charge in [0.1, 0.15) is 0 Å². The van der Waals surface area contributed by atoms with Crippen LogP contribution in [-0.4, -0.2) is 60.0 Å². The maximum absolute atomic E-state index is 12.2. The molecule has 1 N–H and O–H groups in total. The van der Waals surface area contributed by atoms with Crippen molar-refractivity contribution in [3.05, 3.63) is 0 Å². The lowest BCUT2D eigenvalue weighted by molar-refractivity contribution is -0.132. The van der Waals surface area contributed by atoms with Gasteiger partial charge in [-0.3, -0.25) is 9.69 Å². The number of nitrogens with zero attached hydrogens (tertiary/aromatic N) is 2. The number of hydrogen-bond acceptors (Lipinski definition) is 3. The fourth-order valence-electron chi connectivity index (χ4n) is 2.93. The molecule has 2 fully saturated rings. The monoisotopic (exact) mass is 253 g/mol. The summed E-state index contributed by atoms with van der Waals surface area (Å²) in [4.78, 5) is 16.7. The molecular weight excluding hydrogens is 226 g/mol. The number of likely N-dealkylation sites (N-methyl/N-ethyl adjacent to an activating group) is 1. The van der Waals surface area contributed by atoms with Crippen LogP contribution in [0.4, 0.5) is 0 Å². The molecule has 2 aliphatic rings. The fraction of sp³-hybridized carbons (Fsp3) is 0.929. The molecule has 1 aliphatic carbocycles. The Bertz CT molecular complexity index is 287. The van der Waals surface area contributed by atoms with Gasteiger partial charge in [0.2, 0.25) is 5.91 Å². The third-order valence-electron chi connectivity index (χ3n) is 4.21. The van der Waals surface area contributed by atoms with Gasteiger partial charge < -0.3 is 10.2 Å². The van der Waals surface area contributed by atoms with Crippen molar-refractivity contribution in [3.63, 3.8) is 0 Å². The Morgan fingerprint density at radius 3 is 2.56 bits per heavy atom. The number of amides is 1. The van der Waals surface area contributed by atoms with Crippen molar-refractivity contribution in [3.8, 4) is 0 Å². The number of carbonyl (C=O) groups excluding carboxylic acids is 1. The molecule has 2 rings (SSSR count). The van der Waals surface area contributed by atoms with E-state index in [1.165, 1.54) is 25.8 Å². The van der Waals surface area contributed by atoms with E-state index in [1.54, 1.807) is 0 Å². The highest BCUT2D eigenvalue weighted by atomic mass is 16.2. The Balaban J connectivity index is 1.76. The minimum absolute atomic E-state index is 0.0472. The zero-order chi connectivity index (χ0) is 13.1. The van der Waals surface area contributed by atoms with Crippen molar-refractivity contribution in [2.75, 3.05) is 26.2 Å². The van der Waals surface area contributed by atoms with Crippen molar-refractivity contribution in [1.29, 1.82) is 0 Å². The molecule has 104 valence electrons. The van der Waals surface area contributed by atoms with Crippen LogP contribution in [0.5, 0.6) is 0 Å². The van der Waals surface area contributed by atoms with Gasteiger partial charge in [0, 0.05) is 38.3 Å². The topological polar surface area (TPSA) is 35.6 Å². The molecule has 0 spiro atoms. The van der Waals surface area contributed by atoms with Crippen molar-refractivity contribution >= 4 is 5.91 Å². The third-order valence-corrected chi connectivity index (χ3v) is 4.21. The van der Waals surface area contributed by atoms with Gasteiger partial charge in [0.05, 0.1) is 6.04 Å². The summed E-state index contributed by atoms with van der Waals surface area (Å²) in [6, 6.07) is 1.31. The normalized spacial score (nSPS) is 26.3. The summed E-state index contributed by atoms with van der Waals surface area (Å²) in [6.45, 7) is 10.0. The number of carbonyl (C=O) groups is 1. The maximum atomic E-state index is 12.2. The summed E-state index contributed by atoms with van der Waals surface area (Å²) >= 11 is 0. The van der Waals surface area contributed by atoms with Crippen LogP contribution >= 0.6 is 0 Å². The Hall–Kier alpha value is -0.610. The lowest BCUT2D eigenvalue weighted by Crippen LogP contribution is -2.49. The largest absolute Gasteiger partial charge is 0.342 e. The van der Waals surface area contributed by atoms with Crippen molar-refractivity contribution in [2.24, 2.45) is 0 Å². The zero-order valence-corrected chi connectivity index (χ0v) is 12.0. The van der Waals surface area contributed by atoms with Gasteiger partial charge in [0.25, 0.3) is 0 Å². The molecule has 1 heterocycles. The van der Waals surface area contributed by atoms with E-state index in [0.29, 0.717) is 6.04 Å². The van der Waals surface area contributed by atoms with Gasteiger partial charge in [-0.2, -0.15) is 0 Å². The summed E-state index contributed by atoms with van der Waals surface area (Å²) < 4.78 is 0. The molecule has 2 atom stereocenters. The van der Waals surface area contributed by atoms with Crippen LogP contribution in [0.15, 0.2) is 0 Å². The summed E-state index contributed by atoms with van der Waals surface area (Å²) in [6.07, 6.45) is 3.94. The Kier molecular flexibility index (Phi) is 4.62. The average Bonchev–Trinajstić information content (AvgIpc) is 3.12. The SMILES string of the molecule is CCN(CC)C(=O)C(C)NC1CCN(C2CC2)C1. The first kappa shape index (κ1) is 13.8. The molecule has 0 radical (unpaired) electrons. The second-order valence-corrected chi connectivity index (χ2v) is 5.61. The van der Waals surface area contributed by atoms with E-state index >= 15 is 0 Å². The first-order valence-corrected chi connectivity index (χ1v) is 7.44. The first-order chi connectivity index (χ1) is 8.65. The number of rotatable bonds is 6. The molecule has 4 heteroatoms. The third kappa shape index (κ3) is 3.23. The van der Waals surface area contributed by atoms with Crippen LogP contribution in [-0.2, 0) is 4.79 Å². The molecule has 1 aliphatic heterocycles. The van der Waals surface area contributed by atoms with E-state index in [1.807, 2.05) is 25.7 Å². The molecule has 0 bridgehead atoms. The van der Waals surface area contributed by atoms with E-state index < -0.39 is 0 Å². The van der Waals surface area contributed by atoms with Crippen LogP contribution in [0.25, 0.3) is 0 Å². The average molecular weight is 253 g/mol. The zero-order valence-electron chi connectivity index (χ0n) is 12.0. The van der Waals surface area contributed by atoms with E-state index in [9.17, 15) is 4.79 Å². The van der Waals surface area contributed by atoms with Crippen molar-refractivity contribution < 1.29 is 4.79 Å². The van der Waals surface area contributed by atoms with Crippen LogP contribution in [0.2, 0.25) is 0 Å². The lowest BCUT2D eigenvalue weighted by Gasteiger charge is -2.26. The minimum Gasteiger partial charge on any atom is -0.342 e. The number of nitrogens with one attached hydrogen (secondary N) is 1. The molecule has 4 nitrogen and oxygen atoms in total. The molecular formula is C14H27N3O. The van der Waals surface area contributed by atoms with Crippen LogP contribution in [0.1, 0.15) is 40.0 Å². The quantitative estimate of drug-likeness (QED) is 0.769.